The minimum atomic E-state index is -0.435. The lowest BCUT2D eigenvalue weighted by Gasteiger charge is -2.06. The first kappa shape index (κ1) is 15.7. The molecule has 8 heteroatoms. The topological polar surface area (TPSA) is 74.2 Å². The molecule has 0 spiro atoms. The molecule has 0 saturated carbocycles. The van der Waals surface area contributed by atoms with Gasteiger partial charge in [-0.3, -0.25) is 0 Å². The smallest absolute Gasteiger partial charge is 0.348 e. The van der Waals surface area contributed by atoms with Crippen molar-refractivity contribution in [2.45, 2.75) is 20.3 Å². The van der Waals surface area contributed by atoms with Crippen molar-refractivity contribution in [2.24, 2.45) is 0 Å². The van der Waals surface area contributed by atoms with Crippen LogP contribution < -0.4 is 4.74 Å². The van der Waals surface area contributed by atoms with Crippen LogP contribution in [-0.4, -0.2) is 34.6 Å². The van der Waals surface area contributed by atoms with Crippen LogP contribution in [0.2, 0.25) is 5.28 Å². The largest absolute Gasteiger partial charge is 0.465 e. The van der Waals surface area contributed by atoms with Crippen molar-refractivity contribution in [1.82, 2.24) is 15.0 Å². The number of ether oxygens (including phenoxy) is 2. The Hall–Kier alpha value is -1.73. The van der Waals surface area contributed by atoms with E-state index in [1.807, 2.05) is 19.2 Å². The summed E-state index contributed by atoms with van der Waals surface area (Å²) in [5, 5.41) is 1.86. The first-order valence-corrected chi connectivity index (χ1v) is 7.53. The van der Waals surface area contributed by atoms with Gasteiger partial charge < -0.3 is 9.47 Å². The molecule has 2 aromatic heterocycles. The van der Waals surface area contributed by atoms with E-state index in [1.54, 1.807) is 0 Å². The van der Waals surface area contributed by atoms with Crippen LogP contribution in [0.3, 0.4) is 0 Å². The van der Waals surface area contributed by atoms with Crippen molar-refractivity contribution in [3.8, 4) is 17.4 Å². The number of nitrogens with zero attached hydrogens (tertiary/aromatic N) is 3. The van der Waals surface area contributed by atoms with Crippen molar-refractivity contribution in [2.75, 3.05) is 13.7 Å². The zero-order valence-corrected chi connectivity index (χ0v) is 13.4. The predicted octanol–water partition coefficient (Wildman–Crippen LogP) is 3.14. The fourth-order valence-corrected chi connectivity index (χ4v) is 2.78. The summed E-state index contributed by atoms with van der Waals surface area (Å²) in [5.41, 5.74) is 1.46. The number of carbonyl (C=O) groups excluding carboxylic acids is 1. The molecule has 0 N–H and O–H groups in total. The Morgan fingerprint density at radius 1 is 1.38 bits per heavy atom. The standard InChI is InChI=1S/C13H14ClN3O3S/c1-4-5-20-13-16-10(15-12(14)17-13)8-7(2)6-21-9(8)11(18)19-3/h6H,4-5H2,1-3H3. The lowest BCUT2D eigenvalue weighted by molar-refractivity contribution is 0.0607. The molecule has 0 fully saturated rings. The summed E-state index contributed by atoms with van der Waals surface area (Å²) < 4.78 is 10.2. The molecular weight excluding hydrogens is 314 g/mol. The lowest BCUT2D eigenvalue weighted by Crippen LogP contribution is -2.05. The van der Waals surface area contributed by atoms with E-state index in [0.717, 1.165) is 12.0 Å². The van der Waals surface area contributed by atoms with Gasteiger partial charge in [0.15, 0.2) is 5.82 Å². The number of hydrogen-bond acceptors (Lipinski definition) is 7. The number of methoxy groups -OCH3 is 1. The van der Waals surface area contributed by atoms with E-state index in [1.165, 1.54) is 18.4 Å². The molecule has 2 aromatic rings. The fraction of sp³-hybridized carbons (Fsp3) is 0.385. The maximum Gasteiger partial charge on any atom is 0.348 e. The van der Waals surface area contributed by atoms with E-state index in [4.69, 9.17) is 21.1 Å². The number of hydrogen-bond donors (Lipinski definition) is 0. The second-order valence-electron chi connectivity index (χ2n) is 4.17. The van der Waals surface area contributed by atoms with Gasteiger partial charge >= 0.3 is 12.0 Å². The number of aromatic nitrogens is 3. The van der Waals surface area contributed by atoms with Crippen molar-refractivity contribution in [3.63, 3.8) is 0 Å². The van der Waals surface area contributed by atoms with Crippen LogP contribution in [-0.2, 0) is 4.74 Å². The van der Waals surface area contributed by atoms with Crippen LogP contribution in [0.15, 0.2) is 5.38 Å². The van der Waals surface area contributed by atoms with E-state index in [-0.39, 0.29) is 11.3 Å². The molecule has 0 aliphatic rings. The van der Waals surface area contributed by atoms with Gasteiger partial charge in [-0.05, 0) is 35.9 Å². The summed E-state index contributed by atoms with van der Waals surface area (Å²) in [6.07, 6.45) is 0.823. The molecular formula is C13H14ClN3O3S. The predicted molar refractivity (Wildman–Crippen MR) is 80.0 cm³/mol. The van der Waals surface area contributed by atoms with Crippen LogP contribution in [0.5, 0.6) is 6.01 Å². The van der Waals surface area contributed by atoms with Gasteiger partial charge in [-0.15, -0.1) is 11.3 Å². The quantitative estimate of drug-likeness (QED) is 0.785. The number of halogens is 1. The normalized spacial score (nSPS) is 10.5. The maximum atomic E-state index is 11.8. The highest BCUT2D eigenvalue weighted by atomic mass is 35.5. The van der Waals surface area contributed by atoms with Crippen molar-refractivity contribution in [1.29, 1.82) is 0 Å². The van der Waals surface area contributed by atoms with Crippen LogP contribution in [0, 0.1) is 6.92 Å². The van der Waals surface area contributed by atoms with E-state index < -0.39 is 5.97 Å². The molecule has 0 atom stereocenters. The van der Waals surface area contributed by atoms with E-state index in [9.17, 15) is 4.79 Å². The minimum absolute atomic E-state index is 0.0209. The number of aryl methyl sites for hydroxylation is 1. The van der Waals surface area contributed by atoms with E-state index in [2.05, 4.69) is 15.0 Å². The molecule has 21 heavy (non-hydrogen) atoms. The monoisotopic (exact) mass is 327 g/mol. The van der Waals surface area contributed by atoms with Gasteiger partial charge in [-0.1, -0.05) is 6.92 Å². The third-order valence-electron chi connectivity index (χ3n) is 2.59. The average molecular weight is 328 g/mol. The first-order valence-electron chi connectivity index (χ1n) is 6.28. The van der Waals surface area contributed by atoms with E-state index >= 15 is 0 Å². The molecule has 2 rings (SSSR count). The Labute approximate surface area is 131 Å². The Bertz CT molecular complexity index is 660. The lowest BCUT2D eigenvalue weighted by atomic mass is 10.1. The van der Waals surface area contributed by atoms with Gasteiger partial charge in [-0.2, -0.15) is 15.0 Å². The van der Waals surface area contributed by atoms with Crippen LogP contribution in [0.25, 0.3) is 11.4 Å². The maximum absolute atomic E-state index is 11.8. The molecule has 112 valence electrons. The molecule has 0 aliphatic carbocycles. The highest BCUT2D eigenvalue weighted by Crippen LogP contribution is 2.31. The molecule has 0 bridgehead atoms. The number of thiophene rings is 1. The van der Waals surface area contributed by atoms with E-state index in [0.29, 0.717) is 22.9 Å². The Balaban J connectivity index is 2.49. The molecule has 0 unspecified atom stereocenters. The van der Waals surface area contributed by atoms with Crippen LogP contribution in [0.1, 0.15) is 28.6 Å². The summed E-state index contributed by atoms with van der Waals surface area (Å²) in [4.78, 5) is 24.5. The molecule has 0 saturated heterocycles. The zero-order chi connectivity index (χ0) is 15.4. The molecule has 0 amide bonds. The second kappa shape index (κ2) is 6.82. The molecule has 0 aliphatic heterocycles. The van der Waals surface area contributed by atoms with Crippen molar-refractivity contribution < 1.29 is 14.3 Å². The molecule has 0 aromatic carbocycles. The Kier molecular flexibility index (Phi) is 5.08. The van der Waals surface area contributed by atoms with Gasteiger partial charge in [0.1, 0.15) is 4.88 Å². The number of rotatable bonds is 5. The SMILES string of the molecule is CCCOc1nc(Cl)nc(-c2c(C)csc2C(=O)OC)n1. The summed E-state index contributed by atoms with van der Waals surface area (Å²) in [6.45, 7) is 4.32. The minimum Gasteiger partial charge on any atom is -0.465 e. The van der Waals surface area contributed by atoms with Gasteiger partial charge in [0.2, 0.25) is 5.28 Å². The average Bonchev–Trinajstić information content (AvgIpc) is 2.85. The number of carbonyl (C=O) groups is 1. The highest BCUT2D eigenvalue weighted by molar-refractivity contribution is 7.12. The summed E-state index contributed by atoms with van der Waals surface area (Å²) in [7, 11) is 1.33. The highest BCUT2D eigenvalue weighted by Gasteiger charge is 2.21. The second-order valence-corrected chi connectivity index (χ2v) is 5.39. The van der Waals surface area contributed by atoms with Gasteiger partial charge in [0.05, 0.1) is 13.7 Å². The first-order chi connectivity index (χ1) is 10.1. The van der Waals surface area contributed by atoms with Crippen molar-refractivity contribution >= 4 is 28.9 Å². The Morgan fingerprint density at radius 2 is 2.14 bits per heavy atom. The van der Waals surface area contributed by atoms with Crippen molar-refractivity contribution in [3.05, 3.63) is 21.1 Å². The summed E-state index contributed by atoms with van der Waals surface area (Å²) >= 11 is 7.18. The third-order valence-corrected chi connectivity index (χ3v) is 3.84. The molecule has 0 radical (unpaired) electrons. The van der Waals surface area contributed by atoms with Gasteiger partial charge in [0.25, 0.3) is 0 Å². The summed E-state index contributed by atoms with van der Waals surface area (Å²) in [6, 6.07) is 0.147. The Morgan fingerprint density at radius 3 is 2.81 bits per heavy atom. The van der Waals surface area contributed by atoms with Gasteiger partial charge in [0, 0.05) is 5.56 Å². The fourth-order valence-electron chi connectivity index (χ4n) is 1.67. The van der Waals surface area contributed by atoms with Crippen LogP contribution in [0.4, 0.5) is 0 Å². The third kappa shape index (κ3) is 3.48. The van der Waals surface area contributed by atoms with Crippen LogP contribution >= 0.6 is 22.9 Å². The summed E-state index contributed by atoms with van der Waals surface area (Å²) in [5.74, 6) is -0.129. The zero-order valence-electron chi connectivity index (χ0n) is 11.8. The molecule has 6 nitrogen and oxygen atoms in total. The number of esters is 1. The van der Waals surface area contributed by atoms with Gasteiger partial charge in [-0.25, -0.2) is 4.79 Å². The molecule has 2 heterocycles.